The molecule has 1 aliphatic heterocycles. The second-order valence-electron chi connectivity index (χ2n) is 5.67. The van der Waals surface area contributed by atoms with Crippen molar-refractivity contribution in [1.29, 1.82) is 0 Å². The van der Waals surface area contributed by atoms with E-state index in [1.165, 1.54) is 0 Å². The van der Waals surface area contributed by atoms with Gasteiger partial charge in [0.15, 0.2) is 0 Å². The smallest absolute Gasteiger partial charge is 0.275 e. The third kappa shape index (κ3) is 4.26. The molecule has 3 rings (SSSR count). The van der Waals surface area contributed by atoms with Crippen LogP contribution in [0.1, 0.15) is 17.5 Å². The molecule has 0 unspecified atom stereocenters. The number of amidine groups is 1. The third-order valence-electron chi connectivity index (χ3n) is 3.93. The standard InChI is InChI=1S/C20H20N2O3/c1-24-16-7-3-5-14(11-16)9-10-19-21-18(20(23)22-19)13-15-6-4-8-17(12-15)25-2/h3-8,11-13H,9-10H2,1-2H3,(H,21,22,23)/b18-13+. The molecule has 1 amide bonds. The van der Waals surface area contributed by atoms with Gasteiger partial charge < -0.3 is 14.8 Å². The fourth-order valence-corrected chi connectivity index (χ4v) is 2.62. The predicted molar refractivity (Wildman–Crippen MR) is 97.9 cm³/mol. The van der Waals surface area contributed by atoms with Crippen LogP contribution in [-0.2, 0) is 11.2 Å². The normalized spacial score (nSPS) is 15.0. The van der Waals surface area contributed by atoms with Crippen LogP contribution in [-0.4, -0.2) is 26.0 Å². The number of aryl methyl sites for hydroxylation is 1. The molecule has 1 heterocycles. The van der Waals surface area contributed by atoms with Crippen LogP contribution in [0.2, 0.25) is 0 Å². The molecule has 25 heavy (non-hydrogen) atoms. The summed E-state index contributed by atoms with van der Waals surface area (Å²) >= 11 is 0. The molecule has 5 nitrogen and oxygen atoms in total. The van der Waals surface area contributed by atoms with E-state index in [9.17, 15) is 4.79 Å². The molecule has 0 saturated carbocycles. The zero-order chi connectivity index (χ0) is 17.6. The Morgan fingerprint density at radius 2 is 1.72 bits per heavy atom. The van der Waals surface area contributed by atoms with Gasteiger partial charge in [0.25, 0.3) is 5.91 Å². The number of hydrogen-bond donors (Lipinski definition) is 1. The van der Waals surface area contributed by atoms with Crippen molar-refractivity contribution < 1.29 is 14.3 Å². The Kier molecular flexibility index (Phi) is 5.14. The Morgan fingerprint density at radius 3 is 2.48 bits per heavy atom. The minimum Gasteiger partial charge on any atom is -0.497 e. The van der Waals surface area contributed by atoms with Crippen molar-refractivity contribution >= 4 is 17.8 Å². The lowest BCUT2D eigenvalue weighted by Gasteiger charge is -2.04. The van der Waals surface area contributed by atoms with Gasteiger partial charge in [0.2, 0.25) is 0 Å². The highest BCUT2D eigenvalue weighted by atomic mass is 16.5. The Hall–Kier alpha value is -3.08. The lowest BCUT2D eigenvalue weighted by atomic mass is 10.1. The quantitative estimate of drug-likeness (QED) is 0.824. The average Bonchev–Trinajstić information content (AvgIpc) is 3.00. The lowest BCUT2D eigenvalue weighted by Crippen LogP contribution is -2.24. The van der Waals surface area contributed by atoms with Gasteiger partial charge in [-0.3, -0.25) is 4.79 Å². The topological polar surface area (TPSA) is 59.9 Å². The van der Waals surface area contributed by atoms with Crippen LogP contribution in [0, 0.1) is 0 Å². The minimum atomic E-state index is -0.177. The molecule has 128 valence electrons. The van der Waals surface area contributed by atoms with E-state index in [1.54, 1.807) is 20.3 Å². The third-order valence-corrected chi connectivity index (χ3v) is 3.93. The van der Waals surface area contributed by atoms with Crippen molar-refractivity contribution in [3.8, 4) is 11.5 Å². The largest absolute Gasteiger partial charge is 0.497 e. The Labute approximate surface area is 147 Å². The highest BCUT2D eigenvalue weighted by molar-refractivity contribution is 6.14. The number of benzene rings is 2. The molecule has 2 aromatic rings. The van der Waals surface area contributed by atoms with Crippen molar-refractivity contribution in [2.75, 3.05) is 14.2 Å². The molecule has 0 saturated heterocycles. The maximum atomic E-state index is 12.1. The first-order chi connectivity index (χ1) is 12.2. The maximum Gasteiger partial charge on any atom is 0.275 e. The van der Waals surface area contributed by atoms with Crippen LogP contribution in [0.3, 0.4) is 0 Å². The van der Waals surface area contributed by atoms with E-state index in [-0.39, 0.29) is 5.91 Å². The summed E-state index contributed by atoms with van der Waals surface area (Å²) in [6, 6.07) is 15.4. The fourth-order valence-electron chi connectivity index (χ4n) is 2.62. The van der Waals surface area contributed by atoms with Gasteiger partial charge in [-0.25, -0.2) is 4.99 Å². The van der Waals surface area contributed by atoms with Gasteiger partial charge in [-0.1, -0.05) is 24.3 Å². The maximum absolute atomic E-state index is 12.1. The van der Waals surface area contributed by atoms with Crippen molar-refractivity contribution in [1.82, 2.24) is 5.32 Å². The minimum absolute atomic E-state index is 0.177. The van der Waals surface area contributed by atoms with Crippen LogP contribution < -0.4 is 14.8 Å². The summed E-state index contributed by atoms with van der Waals surface area (Å²) in [5.74, 6) is 2.08. The van der Waals surface area contributed by atoms with Gasteiger partial charge in [-0.05, 0) is 47.9 Å². The predicted octanol–water partition coefficient (Wildman–Crippen LogP) is 3.21. The number of carbonyl (C=O) groups excluding carboxylic acids is 1. The van der Waals surface area contributed by atoms with Crippen LogP contribution in [0.25, 0.3) is 6.08 Å². The fraction of sp³-hybridized carbons (Fsp3) is 0.200. The van der Waals surface area contributed by atoms with Crippen LogP contribution in [0.4, 0.5) is 0 Å². The van der Waals surface area contributed by atoms with Gasteiger partial charge in [-0.15, -0.1) is 0 Å². The van der Waals surface area contributed by atoms with Crippen molar-refractivity contribution in [3.63, 3.8) is 0 Å². The molecule has 5 heteroatoms. The van der Waals surface area contributed by atoms with Crippen LogP contribution in [0.5, 0.6) is 11.5 Å². The van der Waals surface area contributed by atoms with Gasteiger partial charge in [0.05, 0.1) is 14.2 Å². The summed E-state index contributed by atoms with van der Waals surface area (Å²) in [5, 5.41) is 2.83. The first-order valence-corrected chi connectivity index (χ1v) is 8.05. The van der Waals surface area contributed by atoms with Crippen molar-refractivity contribution in [3.05, 3.63) is 65.4 Å². The number of nitrogens with one attached hydrogen (secondary N) is 1. The Bertz CT molecular complexity index is 840. The van der Waals surface area contributed by atoms with E-state index in [2.05, 4.69) is 10.3 Å². The molecule has 2 aromatic carbocycles. The van der Waals surface area contributed by atoms with E-state index >= 15 is 0 Å². The van der Waals surface area contributed by atoms with Gasteiger partial charge >= 0.3 is 0 Å². The second kappa shape index (κ2) is 7.66. The number of rotatable bonds is 6. The summed E-state index contributed by atoms with van der Waals surface area (Å²) in [6.07, 6.45) is 3.20. The van der Waals surface area contributed by atoms with Crippen LogP contribution >= 0.6 is 0 Å². The molecule has 0 radical (unpaired) electrons. The molecule has 0 fully saturated rings. The number of nitrogens with zero attached hydrogens (tertiary/aromatic N) is 1. The molecule has 0 bridgehead atoms. The summed E-state index contributed by atoms with van der Waals surface area (Å²) in [6.45, 7) is 0. The van der Waals surface area contributed by atoms with E-state index in [1.807, 2.05) is 48.5 Å². The summed E-state index contributed by atoms with van der Waals surface area (Å²) in [7, 11) is 3.26. The van der Waals surface area contributed by atoms with E-state index in [4.69, 9.17) is 9.47 Å². The first-order valence-electron chi connectivity index (χ1n) is 8.05. The second-order valence-corrected chi connectivity index (χ2v) is 5.67. The summed E-state index contributed by atoms with van der Waals surface area (Å²) in [5.41, 5.74) is 2.43. The monoisotopic (exact) mass is 336 g/mol. The molecular formula is C20H20N2O3. The molecule has 0 aliphatic carbocycles. The Balaban J connectivity index is 1.70. The number of carbonyl (C=O) groups is 1. The highest BCUT2D eigenvalue weighted by Gasteiger charge is 2.19. The molecule has 0 aromatic heterocycles. The Morgan fingerprint density at radius 1 is 1.00 bits per heavy atom. The molecule has 0 atom stereocenters. The number of amides is 1. The SMILES string of the molecule is COc1cccc(/C=C2/N=C(CCc3cccc(OC)c3)NC2=O)c1. The average molecular weight is 336 g/mol. The zero-order valence-corrected chi connectivity index (χ0v) is 14.3. The van der Waals surface area contributed by atoms with Gasteiger partial charge in [0, 0.05) is 6.42 Å². The van der Waals surface area contributed by atoms with Crippen molar-refractivity contribution in [2.24, 2.45) is 4.99 Å². The van der Waals surface area contributed by atoms with E-state index in [0.29, 0.717) is 18.0 Å². The molecule has 0 spiro atoms. The van der Waals surface area contributed by atoms with Crippen molar-refractivity contribution in [2.45, 2.75) is 12.8 Å². The number of hydrogen-bond acceptors (Lipinski definition) is 4. The van der Waals surface area contributed by atoms with Crippen LogP contribution in [0.15, 0.2) is 59.2 Å². The summed E-state index contributed by atoms with van der Waals surface area (Å²) in [4.78, 5) is 16.5. The van der Waals surface area contributed by atoms with Gasteiger partial charge in [0.1, 0.15) is 23.0 Å². The number of methoxy groups -OCH3 is 2. The lowest BCUT2D eigenvalue weighted by molar-refractivity contribution is -0.115. The summed E-state index contributed by atoms with van der Waals surface area (Å²) < 4.78 is 10.4. The number of aliphatic imine (C=N–C) groups is 1. The van der Waals surface area contributed by atoms with E-state index in [0.717, 1.165) is 29.0 Å². The molecular weight excluding hydrogens is 316 g/mol. The molecule has 1 aliphatic rings. The van der Waals surface area contributed by atoms with E-state index < -0.39 is 0 Å². The number of ether oxygens (including phenoxy) is 2. The first kappa shape index (κ1) is 16.8. The zero-order valence-electron chi connectivity index (χ0n) is 14.3. The molecule has 1 N–H and O–H groups in total. The highest BCUT2D eigenvalue weighted by Crippen LogP contribution is 2.19. The van der Waals surface area contributed by atoms with Gasteiger partial charge in [-0.2, -0.15) is 0 Å².